The van der Waals surface area contributed by atoms with Gasteiger partial charge in [-0.25, -0.2) is 0 Å². The van der Waals surface area contributed by atoms with Crippen LogP contribution in [-0.4, -0.2) is 0 Å². The van der Waals surface area contributed by atoms with Crippen LogP contribution in [0, 0.1) is 34.5 Å². The van der Waals surface area contributed by atoms with Gasteiger partial charge < -0.3 is 0 Å². The molecule has 3 unspecified atom stereocenters. The molecule has 0 aliphatic heterocycles. The molecular formula is C41H46. The van der Waals surface area contributed by atoms with E-state index in [2.05, 4.69) is 111 Å². The molecule has 0 N–H and O–H groups in total. The summed E-state index contributed by atoms with van der Waals surface area (Å²) in [5.41, 5.74) is 6.95. The highest BCUT2D eigenvalue weighted by molar-refractivity contribution is 5.83. The molecule has 0 radical (unpaired) electrons. The van der Waals surface area contributed by atoms with Crippen molar-refractivity contribution >= 4 is 10.8 Å². The number of hydrogen-bond donors (Lipinski definition) is 0. The molecule has 210 valence electrons. The van der Waals surface area contributed by atoms with Gasteiger partial charge in [0.25, 0.3) is 0 Å². The summed E-state index contributed by atoms with van der Waals surface area (Å²) in [5.74, 6) is 5.19. The predicted octanol–water partition coefficient (Wildman–Crippen LogP) is 11.4. The Balaban J connectivity index is 0.992. The van der Waals surface area contributed by atoms with Crippen LogP contribution in [0.1, 0.15) is 94.6 Å². The van der Waals surface area contributed by atoms with E-state index in [-0.39, 0.29) is 0 Å². The second-order valence-corrected chi connectivity index (χ2v) is 15.1. The van der Waals surface area contributed by atoms with Gasteiger partial charge in [-0.15, -0.1) is 0 Å². The smallest absolute Gasteiger partial charge is 0.0154 e. The van der Waals surface area contributed by atoms with E-state index in [4.69, 9.17) is 0 Å². The Morgan fingerprint density at radius 3 is 2.12 bits per heavy atom. The van der Waals surface area contributed by atoms with Crippen LogP contribution in [0.2, 0.25) is 0 Å². The lowest BCUT2D eigenvalue weighted by atomic mass is 9.44. The molecule has 4 aromatic rings. The average molecular weight is 539 g/mol. The second-order valence-electron chi connectivity index (χ2n) is 15.1. The Bertz CT molecular complexity index is 1530. The Kier molecular flexibility index (Phi) is 6.21. The van der Waals surface area contributed by atoms with Crippen molar-refractivity contribution in [3.05, 3.63) is 108 Å². The number of fused-ring (bicyclic) bond motifs is 6. The van der Waals surface area contributed by atoms with Crippen LogP contribution in [-0.2, 0) is 0 Å². The summed E-state index contributed by atoms with van der Waals surface area (Å²) in [5, 5.41) is 2.80. The fraction of sp³-hybridized carbons (Fsp3) is 0.463. The highest BCUT2D eigenvalue weighted by Crippen LogP contribution is 2.68. The van der Waals surface area contributed by atoms with Gasteiger partial charge in [-0.2, -0.15) is 0 Å². The summed E-state index contributed by atoms with van der Waals surface area (Å²) in [6, 6.07) is 36.7. The van der Waals surface area contributed by atoms with E-state index < -0.39 is 0 Å². The molecule has 0 heterocycles. The van der Waals surface area contributed by atoms with E-state index in [0.717, 1.165) is 35.5 Å². The standard InChI is InChI=1S/C41H46/c1-40-22-21-38-37(39(40)26-35(27-40)31-14-12-30(13-15-31)28-8-4-3-5-9-28)19-18-36-25-34(20-23-41(36,38)2)33-17-16-29-10-6-7-11-32(29)24-33/h3-17,24,34-39H,18-23,25-27H2,1-2H3/t34?,35?,36?,37-,38-,39+,40-,41+/m1/s1. The Morgan fingerprint density at radius 2 is 1.29 bits per heavy atom. The minimum absolute atomic E-state index is 0.537. The monoisotopic (exact) mass is 538 g/mol. The van der Waals surface area contributed by atoms with Crippen LogP contribution in [0.4, 0.5) is 0 Å². The Labute approximate surface area is 247 Å². The molecule has 41 heavy (non-hydrogen) atoms. The van der Waals surface area contributed by atoms with E-state index in [0.29, 0.717) is 10.8 Å². The lowest BCUT2D eigenvalue weighted by molar-refractivity contribution is -0.106. The molecule has 0 amide bonds. The van der Waals surface area contributed by atoms with Gasteiger partial charge in [-0.05, 0) is 137 Å². The van der Waals surface area contributed by atoms with Crippen LogP contribution in [0.3, 0.4) is 0 Å². The van der Waals surface area contributed by atoms with Crippen LogP contribution in [0.5, 0.6) is 0 Å². The summed E-state index contributed by atoms with van der Waals surface area (Å²) in [4.78, 5) is 0. The largest absolute Gasteiger partial charge is 0.0622 e. The number of hydrogen-bond acceptors (Lipinski definition) is 0. The molecule has 4 aliphatic carbocycles. The molecule has 0 spiro atoms. The summed E-state index contributed by atoms with van der Waals surface area (Å²) in [6.07, 6.45) is 12.9. The van der Waals surface area contributed by atoms with Crippen molar-refractivity contribution in [2.24, 2.45) is 34.5 Å². The third kappa shape index (κ3) is 4.31. The number of benzene rings is 4. The summed E-state index contributed by atoms with van der Waals surface area (Å²) < 4.78 is 0. The van der Waals surface area contributed by atoms with E-state index in [9.17, 15) is 0 Å². The normalized spacial score (nSPS) is 36.3. The maximum absolute atomic E-state index is 2.74. The highest BCUT2D eigenvalue weighted by atomic mass is 14.6. The first-order valence-corrected chi connectivity index (χ1v) is 16.6. The molecule has 8 atom stereocenters. The molecular weight excluding hydrogens is 492 g/mol. The van der Waals surface area contributed by atoms with E-state index in [1.54, 1.807) is 11.1 Å². The SMILES string of the molecule is C[C@]12CC[C@@H]3[C@@H](CCC4CC(c5ccc6ccccc6c5)CC[C@@]43C)[C@@H]1CC(c1ccc(-c3ccccc3)cc1)C2. The predicted molar refractivity (Wildman–Crippen MR) is 173 cm³/mol. The quantitative estimate of drug-likeness (QED) is 0.243. The first kappa shape index (κ1) is 25.8. The first-order valence-electron chi connectivity index (χ1n) is 16.6. The molecule has 0 nitrogen and oxygen atoms in total. The zero-order valence-electron chi connectivity index (χ0n) is 25.1. The van der Waals surface area contributed by atoms with Gasteiger partial charge in [0.1, 0.15) is 0 Å². The minimum Gasteiger partial charge on any atom is -0.0622 e. The third-order valence-corrected chi connectivity index (χ3v) is 13.2. The van der Waals surface area contributed by atoms with Crippen molar-refractivity contribution in [3.8, 4) is 11.1 Å². The topological polar surface area (TPSA) is 0 Å². The highest BCUT2D eigenvalue weighted by Gasteiger charge is 2.59. The minimum atomic E-state index is 0.537. The lowest BCUT2D eigenvalue weighted by Gasteiger charge is -2.60. The Hall–Kier alpha value is -2.86. The molecule has 0 aromatic heterocycles. The summed E-state index contributed by atoms with van der Waals surface area (Å²) in [6.45, 7) is 5.42. The maximum Gasteiger partial charge on any atom is -0.0154 e. The van der Waals surface area contributed by atoms with Gasteiger partial charge in [0.05, 0.1) is 0 Å². The molecule has 0 heteroatoms. The van der Waals surface area contributed by atoms with Crippen LogP contribution in [0.25, 0.3) is 21.9 Å². The summed E-state index contributed by atoms with van der Waals surface area (Å²) >= 11 is 0. The van der Waals surface area contributed by atoms with Crippen LogP contribution >= 0.6 is 0 Å². The van der Waals surface area contributed by atoms with E-state index in [1.807, 2.05) is 0 Å². The molecule has 0 bridgehead atoms. The zero-order valence-corrected chi connectivity index (χ0v) is 25.1. The van der Waals surface area contributed by atoms with Crippen molar-refractivity contribution < 1.29 is 0 Å². The van der Waals surface area contributed by atoms with Crippen LogP contribution < -0.4 is 0 Å². The van der Waals surface area contributed by atoms with Crippen molar-refractivity contribution in [1.82, 2.24) is 0 Å². The maximum atomic E-state index is 2.74. The first-order chi connectivity index (χ1) is 20.0. The van der Waals surface area contributed by atoms with Gasteiger partial charge in [-0.1, -0.05) is 111 Å². The average Bonchev–Trinajstić information content (AvgIpc) is 3.39. The fourth-order valence-corrected chi connectivity index (χ4v) is 10.9. The number of rotatable bonds is 3. The molecule has 4 fully saturated rings. The van der Waals surface area contributed by atoms with E-state index in [1.165, 1.54) is 79.7 Å². The van der Waals surface area contributed by atoms with Gasteiger partial charge in [0, 0.05) is 0 Å². The van der Waals surface area contributed by atoms with Crippen molar-refractivity contribution in [3.63, 3.8) is 0 Å². The fourth-order valence-electron chi connectivity index (χ4n) is 10.9. The Morgan fingerprint density at radius 1 is 0.561 bits per heavy atom. The van der Waals surface area contributed by atoms with Gasteiger partial charge in [-0.3, -0.25) is 0 Å². The van der Waals surface area contributed by atoms with Crippen LogP contribution in [0.15, 0.2) is 97.1 Å². The van der Waals surface area contributed by atoms with Crippen molar-refractivity contribution in [2.75, 3.05) is 0 Å². The summed E-state index contributed by atoms with van der Waals surface area (Å²) in [7, 11) is 0. The molecule has 4 aliphatic rings. The molecule has 8 rings (SSSR count). The third-order valence-electron chi connectivity index (χ3n) is 13.2. The molecule has 4 aromatic carbocycles. The van der Waals surface area contributed by atoms with Gasteiger partial charge in [0.15, 0.2) is 0 Å². The van der Waals surface area contributed by atoms with Gasteiger partial charge in [0.2, 0.25) is 0 Å². The van der Waals surface area contributed by atoms with E-state index >= 15 is 0 Å². The zero-order chi connectivity index (χ0) is 27.6. The second kappa shape index (κ2) is 9.86. The van der Waals surface area contributed by atoms with Crippen molar-refractivity contribution in [1.29, 1.82) is 0 Å². The van der Waals surface area contributed by atoms with Gasteiger partial charge >= 0.3 is 0 Å². The molecule has 0 saturated heterocycles. The van der Waals surface area contributed by atoms with Crippen molar-refractivity contribution in [2.45, 2.75) is 83.5 Å². The molecule has 4 saturated carbocycles. The lowest BCUT2D eigenvalue weighted by Crippen LogP contribution is -2.52.